The number of aromatic nitrogens is 3. The van der Waals surface area contributed by atoms with Gasteiger partial charge in [0.15, 0.2) is 17.5 Å². The van der Waals surface area contributed by atoms with Gasteiger partial charge in [-0.05, 0) is 69.8 Å². The van der Waals surface area contributed by atoms with Gasteiger partial charge in [0.2, 0.25) is 0 Å². The first-order valence-corrected chi connectivity index (χ1v) is 17.3. The monoisotopic (exact) mass is 665 g/mol. The summed E-state index contributed by atoms with van der Waals surface area (Å²) in [7, 11) is 0. The normalized spacial score (nSPS) is 11.8. The fourth-order valence-corrected chi connectivity index (χ4v) is 7.62. The predicted octanol–water partition coefficient (Wildman–Crippen LogP) is 12.6. The Bertz CT molecular complexity index is 3190. The van der Waals surface area contributed by atoms with Crippen molar-refractivity contribution in [2.75, 3.05) is 0 Å². The van der Waals surface area contributed by atoms with Crippen LogP contribution in [-0.4, -0.2) is 15.0 Å². The average molecular weight is 666 g/mol. The van der Waals surface area contributed by atoms with Crippen molar-refractivity contribution in [2.24, 2.45) is 0 Å². The summed E-state index contributed by atoms with van der Waals surface area (Å²) in [5, 5.41) is 8.67. The molecule has 0 amide bonds. The Labute approximate surface area is 297 Å². The van der Waals surface area contributed by atoms with E-state index in [0.717, 1.165) is 93.2 Å². The van der Waals surface area contributed by atoms with Gasteiger partial charge in [0.25, 0.3) is 0 Å². The average Bonchev–Trinajstić information content (AvgIpc) is 3.79. The second-order valence-corrected chi connectivity index (χ2v) is 13.2. The van der Waals surface area contributed by atoms with Crippen molar-refractivity contribution < 1.29 is 8.83 Å². The molecule has 3 aromatic heterocycles. The highest BCUT2D eigenvalue weighted by Crippen LogP contribution is 2.44. The number of benzene rings is 8. The van der Waals surface area contributed by atoms with E-state index >= 15 is 0 Å². The van der Waals surface area contributed by atoms with Gasteiger partial charge >= 0.3 is 0 Å². The number of nitrogens with zero attached hydrogens (tertiary/aromatic N) is 3. The van der Waals surface area contributed by atoms with Crippen LogP contribution in [0.5, 0.6) is 0 Å². The van der Waals surface area contributed by atoms with Crippen LogP contribution in [-0.2, 0) is 0 Å². The van der Waals surface area contributed by atoms with E-state index in [0.29, 0.717) is 17.5 Å². The smallest absolute Gasteiger partial charge is 0.165 e. The van der Waals surface area contributed by atoms with Gasteiger partial charge in [-0.3, -0.25) is 0 Å². The molecule has 0 bridgehead atoms. The maximum atomic E-state index is 6.65. The van der Waals surface area contributed by atoms with E-state index in [1.807, 2.05) is 54.6 Å². The summed E-state index contributed by atoms with van der Waals surface area (Å²) in [5.41, 5.74) is 7.97. The molecule has 11 rings (SSSR count). The highest BCUT2D eigenvalue weighted by molar-refractivity contribution is 6.17. The SMILES string of the molecule is c1ccc(-c2nc(-c3ccc4ccccc4c3)nc(-c3c(-c4ccc5c(c4)oc4c6ccccc6ccc54)ccc4oc5ccccc5c34)n2)cc1. The molecule has 0 saturated heterocycles. The summed E-state index contributed by atoms with van der Waals surface area (Å²) in [6.45, 7) is 0. The molecule has 0 N–H and O–H groups in total. The molecule has 0 aliphatic carbocycles. The predicted molar refractivity (Wildman–Crippen MR) is 211 cm³/mol. The summed E-state index contributed by atoms with van der Waals surface area (Å²) in [6.07, 6.45) is 0. The molecule has 8 aromatic carbocycles. The molecule has 0 aliphatic rings. The van der Waals surface area contributed by atoms with Gasteiger partial charge in [0.1, 0.15) is 22.3 Å². The molecule has 3 heterocycles. The molecule has 0 spiro atoms. The van der Waals surface area contributed by atoms with E-state index < -0.39 is 0 Å². The Morgan fingerprint density at radius 1 is 0.346 bits per heavy atom. The van der Waals surface area contributed by atoms with Crippen LogP contribution >= 0.6 is 0 Å². The lowest BCUT2D eigenvalue weighted by molar-refractivity contribution is 0.669. The Balaban J connectivity index is 1.20. The Morgan fingerprint density at radius 3 is 1.90 bits per heavy atom. The van der Waals surface area contributed by atoms with Crippen LogP contribution in [0.3, 0.4) is 0 Å². The van der Waals surface area contributed by atoms with Gasteiger partial charge in [-0.15, -0.1) is 0 Å². The van der Waals surface area contributed by atoms with Gasteiger partial charge < -0.3 is 8.83 Å². The van der Waals surface area contributed by atoms with Gasteiger partial charge in [-0.2, -0.15) is 0 Å². The van der Waals surface area contributed by atoms with Gasteiger partial charge in [-0.25, -0.2) is 15.0 Å². The van der Waals surface area contributed by atoms with Crippen molar-refractivity contribution in [3.8, 4) is 45.3 Å². The summed E-state index contributed by atoms with van der Waals surface area (Å²) < 4.78 is 13.1. The zero-order chi connectivity index (χ0) is 34.2. The van der Waals surface area contributed by atoms with Crippen molar-refractivity contribution in [1.82, 2.24) is 15.0 Å². The highest BCUT2D eigenvalue weighted by Gasteiger charge is 2.23. The van der Waals surface area contributed by atoms with Crippen LogP contribution in [0.1, 0.15) is 0 Å². The Hall–Kier alpha value is -7.11. The Morgan fingerprint density at radius 2 is 1.02 bits per heavy atom. The number of para-hydroxylation sites is 1. The first kappa shape index (κ1) is 28.7. The standard InChI is InChI=1S/C47H27N3O2/c1-2-12-30(13-3-1)45-48-46(33-19-18-28-10-4-5-14-31(28)26-33)50-47(49-45)43-34(24-25-40-42(43)38-16-8-9-17-39(38)51-40)32-21-22-36-37-23-20-29-11-6-7-15-35(29)44(37)52-41(36)27-32/h1-27H. The first-order valence-electron chi connectivity index (χ1n) is 17.3. The maximum absolute atomic E-state index is 6.65. The summed E-state index contributed by atoms with van der Waals surface area (Å²) in [4.78, 5) is 15.6. The number of hydrogen-bond acceptors (Lipinski definition) is 5. The lowest BCUT2D eigenvalue weighted by Gasteiger charge is -2.14. The molecule has 242 valence electrons. The van der Waals surface area contributed by atoms with Gasteiger partial charge in [0.05, 0.1) is 0 Å². The molecule has 0 aliphatic heterocycles. The van der Waals surface area contributed by atoms with E-state index in [4.69, 9.17) is 23.8 Å². The van der Waals surface area contributed by atoms with Crippen molar-refractivity contribution in [3.05, 3.63) is 164 Å². The molecular weight excluding hydrogens is 639 g/mol. The van der Waals surface area contributed by atoms with Crippen molar-refractivity contribution >= 4 is 65.4 Å². The molecule has 0 saturated carbocycles. The summed E-state index contributed by atoms with van der Waals surface area (Å²) in [6, 6.07) is 56.3. The minimum Gasteiger partial charge on any atom is -0.456 e. The fraction of sp³-hybridized carbons (Fsp3) is 0. The van der Waals surface area contributed by atoms with Crippen LogP contribution in [0.15, 0.2) is 173 Å². The topological polar surface area (TPSA) is 65.0 Å². The maximum Gasteiger partial charge on any atom is 0.165 e. The number of furan rings is 2. The lowest BCUT2D eigenvalue weighted by Crippen LogP contribution is -2.01. The second kappa shape index (κ2) is 11.2. The van der Waals surface area contributed by atoms with Crippen molar-refractivity contribution in [2.45, 2.75) is 0 Å². The van der Waals surface area contributed by atoms with E-state index in [-0.39, 0.29) is 0 Å². The third-order valence-corrected chi connectivity index (χ3v) is 10.1. The van der Waals surface area contributed by atoms with Crippen LogP contribution in [0.2, 0.25) is 0 Å². The zero-order valence-corrected chi connectivity index (χ0v) is 27.7. The van der Waals surface area contributed by atoms with E-state index in [1.165, 1.54) is 0 Å². The van der Waals surface area contributed by atoms with Crippen LogP contribution in [0.25, 0.3) is 111 Å². The molecule has 0 fully saturated rings. The molecule has 0 radical (unpaired) electrons. The molecule has 11 aromatic rings. The molecule has 5 heteroatoms. The summed E-state index contributed by atoms with van der Waals surface area (Å²) >= 11 is 0. The van der Waals surface area contributed by atoms with Crippen LogP contribution in [0.4, 0.5) is 0 Å². The second-order valence-electron chi connectivity index (χ2n) is 13.2. The number of hydrogen-bond donors (Lipinski definition) is 0. The van der Waals surface area contributed by atoms with Gasteiger partial charge in [0, 0.05) is 43.6 Å². The molecular formula is C47H27N3O2. The van der Waals surface area contributed by atoms with E-state index in [9.17, 15) is 0 Å². The third-order valence-electron chi connectivity index (χ3n) is 10.1. The largest absolute Gasteiger partial charge is 0.456 e. The van der Waals surface area contributed by atoms with Crippen LogP contribution in [0, 0.1) is 0 Å². The van der Waals surface area contributed by atoms with Crippen LogP contribution < -0.4 is 0 Å². The van der Waals surface area contributed by atoms with Crippen molar-refractivity contribution in [3.63, 3.8) is 0 Å². The molecule has 0 unspecified atom stereocenters. The van der Waals surface area contributed by atoms with E-state index in [1.54, 1.807) is 0 Å². The molecule has 5 nitrogen and oxygen atoms in total. The number of rotatable bonds is 4. The van der Waals surface area contributed by atoms with E-state index in [2.05, 4.69) is 109 Å². The molecule has 52 heavy (non-hydrogen) atoms. The first-order chi connectivity index (χ1) is 25.7. The zero-order valence-electron chi connectivity index (χ0n) is 27.7. The Kier molecular flexibility index (Phi) is 6.18. The van der Waals surface area contributed by atoms with Gasteiger partial charge in [-0.1, -0.05) is 121 Å². The minimum absolute atomic E-state index is 0.569. The minimum atomic E-state index is 0.569. The fourth-order valence-electron chi connectivity index (χ4n) is 7.62. The quantitative estimate of drug-likeness (QED) is 0.187. The molecule has 0 atom stereocenters. The number of fused-ring (bicyclic) bond motifs is 9. The highest BCUT2D eigenvalue weighted by atomic mass is 16.3. The lowest BCUT2D eigenvalue weighted by atomic mass is 9.94. The third kappa shape index (κ3) is 4.46. The van der Waals surface area contributed by atoms with Crippen molar-refractivity contribution in [1.29, 1.82) is 0 Å². The summed E-state index contributed by atoms with van der Waals surface area (Å²) in [5.74, 6) is 1.77.